The minimum Gasteiger partial charge on any atom is -0.332 e. The number of rotatable bonds is 4. The van der Waals surface area contributed by atoms with E-state index in [0.717, 1.165) is 22.7 Å². The van der Waals surface area contributed by atoms with Gasteiger partial charge in [0, 0.05) is 22.3 Å². The van der Waals surface area contributed by atoms with Gasteiger partial charge in [0.1, 0.15) is 0 Å². The van der Waals surface area contributed by atoms with Crippen molar-refractivity contribution in [1.82, 2.24) is 5.32 Å². The average Bonchev–Trinajstić information content (AvgIpc) is 2.56. The molecule has 0 aliphatic heterocycles. The minimum absolute atomic E-state index is 0.0542. The van der Waals surface area contributed by atoms with E-state index in [1.165, 1.54) is 0 Å². The van der Waals surface area contributed by atoms with Crippen LogP contribution < -0.4 is 10.6 Å². The Morgan fingerprint density at radius 2 is 1.52 bits per heavy atom. The lowest BCUT2D eigenvalue weighted by molar-refractivity contribution is -0.394. The van der Waals surface area contributed by atoms with Crippen molar-refractivity contribution in [1.29, 1.82) is 0 Å². The Balaban J connectivity index is 2.16. The summed E-state index contributed by atoms with van der Waals surface area (Å²) in [5, 5.41) is 26.7. The minimum atomic E-state index is -0.817. The lowest BCUT2D eigenvalue weighted by Gasteiger charge is -2.09. The van der Waals surface area contributed by atoms with Gasteiger partial charge >= 0.3 is 0 Å². The first-order valence-corrected chi connectivity index (χ1v) is 7.78. The summed E-state index contributed by atoms with van der Waals surface area (Å²) in [6.45, 7) is 0. The van der Waals surface area contributed by atoms with Gasteiger partial charge in [-0.2, -0.15) is 0 Å². The van der Waals surface area contributed by atoms with Crippen LogP contribution in [-0.2, 0) is 0 Å². The Labute approximate surface area is 154 Å². The van der Waals surface area contributed by atoms with Crippen molar-refractivity contribution in [3.05, 3.63) is 72.7 Å². The Morgan fingerprint density at radius 3 is 2.00 bits per heavy atom. The number of nitrogens with one attached hydrogen (secondary N) is 2. The average molecular weight is 425 g/mol. The van der Waals surface area contributed by atoms with Crippen LogP contribution in [0.1, 0.15) is 10.4 Å². The molecule has 0 saturated carbocycles. The molecule has 11 heteroatoms. The standard InChI is InChI=1S/C14H9BrN4O5S/c15-9-1-3-10(4-2-9)16-14(25)17-13(20)8-5-11(18(21)22)7-12(6-8)19(23)24/h1-7H,(H2,16,17,20,25). The van der Waals surface area contributed by atoms with E-state index in [9.17, 15) is 25.0 Å². The van der Waals surface area contributed by atoms with Gasteiger partial charge in [-0.25, -0.2) is 0 Å². The van der Waals surface area contributed by atoms with Crippen molar-refractivity contribution in [3.8, 4) is 0 Å². The maximum atomic E-state index is 12.2. The van der Waals surface area contributed by atoms with E-state index in [-0.39, 0.29) is 10.7 Å². The Morgan fingerprint density at radius 1 is 1.00 bits per heavy atom. The molecular formula is C14H9BrN4O5S. The highest BCUT2D eigenvalue weighted by Gasteiger charge is 2.20. The molecule has 0 heterocycles. The zero-order valence-electron chi connectivity index (χ0n) is 12.3. The fourth-order valence-electron chi connectivity index (χ4n) is 1.81. The van der Waals surface area contributed by atoms with Crippen molar-refractivity contribution < 1.29 is 14.6 Å². The zero-order chi connectivity index (χ0) is 18.6. The number of carbonyl (C=O) groups excluding carboxylic acids is 1. The first-order valence-electron chi connectivity index (χ1n) is 6.58. The molecular weight excluding hydrogens is 416 g/mol. The molecule has 25 heavy (non-hydrogen) atoms. The molecule has 2 aromatic rings. The summed E-state index contributed by atoms with van der Waals surface area (Å²) in [4.78, 5) is 32.2. The highest BCUT2D eigenvalue weighted by atomic mass is 79.9. The number of thiocarbonyl (C=S) groups is 1. The molecule has 0 aliphatic carbocycles. The third-order valence-corrected chi connectivity index (χ3v) is 3.65. The third kappa shape index (κ3) is 5.02. The van der Waals surface area contributed by atoms with E-state index >= 15 is 0 Å². The van der Waals surface area contributed by atoms with Crippen LogP contribution in [0.15, 0.2) is 46.9 Å². The molecule has 0 bridgehead atoms. The second-order valence-corrected chi connectivity index (χ2v) is 5.99. The quantitative estimate of drug-likeness (QED) is 0.437. The smallest absolute Gasteiger partial charge is 0.277 e. The zero-order valence-corrected chi connectivity index (χ0v) is 14.7. The number of nitro benzene ring substituents is 2. The summed E-state index contributed by atoms with van der Waals surface area (Å²) in [5.74, 6) is -0.804. The molecule has 1 amide bonds. The fourth-order valence-corrected chi connectivity index (χ4v) is 2.28. The molecule has 0 aromatic heterocycles. The summed E-state index contributed by atoms with van der Waals surface area (Å²) >= 11 is 8.27. The number of anilines is 1. The number of hydrogen-bond acceptors (Lipinski definition) is 6. The van der Waals surface area contributed by atoms with E-state index in [4.69, 9.17) is 12.2 Å². The summed E-state index contributed by atoms with van der Waals surface area (Å²) in [5.41, 5.74) is -0.767. The van der Waals surface area contributed by atoms with Crippen LogP contribution in [0.25, 0.3) is 0 Å². The predicted octanol–water partition coefficient (Wildman–Crippen LogP) is 3.39. The number of non-ortho nitro benzene ring substituents is 2. The molecule has 0 fully saturated rings. The molecule has 2 aromatic carbocycles. The van der Waals surface area contributed by atoms with Crippen LogP contribution in [0.3, 0.4) is 0 Å². The Bertz CT molecular complexity index is 840. The monoisotopic (exact) mass is 424 g/mol. The van der Waals surface area contributed by atoms with Gasteiger partial charge in [-0.3, -0.25) is 30.3 Å². The SMILES string of the molecule is O=C(NC(=S)Nc1ccc(Br)cc1)c1cc([N+](=O)[O-])cc([N+](=O)[O-])c1. The molecule has 0 radical (unpaired) electrons. The van der Waals surface area contributed by atoms with E-state index < -0.39 is 27.1 Å². The van der Waals surface area contributed by atoms with Gasteiger partial charge in [0.15, 0.2) is 5.11 Å². The summed E-state index contributed by atoms with van der Waals surface area (Å²) in [6, 6.07) is 9.58. The van der Waals surface area contributed by atoms with E-state index in [2.05, 4.69) is 26.6 Å². The molecule has 2 rings (SSSR count). The highest BCUT2D eigenvalue weighted by Crippen LogP contribution is 2.22. The molecule has 0 atom stereocenters. The molecule has 0 saturated heterocycles. The maximum absolute atomic E-state index is 12.2. The van der Waals surface area contributed by atoms with Gasteiger partial charge in [-0.1, -0.05) is 15.9 Å². The van der Waals surface area contributed by atoms with Crippen LogP contribution in [0.5, 0.6) is 0 Å². The second kappa shape index (κ2) is 7.77. The van der Waals surface area contributed by atoms with Crippen LogP contribution in [0, 0.1) is 20.2 Å². The van der Waals surface area contributed by atoms with Crippen LogP contribution in [-0.4, -0.2) is 20.9 Å². The lowest BCUT2D eigenvalue weighted by atomic mass is 10.1. The van der Waals surface area contributed by atoms with Crippen molar-refractivity contribution >= 4 is 56.2 Å². The Hall–Kier alpha value is -2.92. The lowest BCUT2D eigenvalue weighted by Crippen LogP contribution is -2.34. The number of hydrogen-bond donors (Lipinski definition) is 2. The van der Waals surface area contributed by atoms with Gasteiger partial charge in [0.2, 0.25) is 0 Å². The molecule has 2 N–H and O–H groups in total. The van der Waals surface area contributed by atoms with Crippen molar-refractivity contribution in [3.63, 3.8) is 0 Å². The number of benzene rings is 2. The first kappa shape index (κ1) is 18.4. The van der Waals surface area contributed by atoms with Gasteiger partial charge in [0.05, 0.1) is 21.5 Å². The summed E-state index contributed by atoms with van der Waals surface area (Å²) in [6.07, 6.45) is 0. The van der Waals surface area contributed by atoms with Gasteiger partial charge in [-0.15, -0.1) is 0 Å². The molecule has 0 unspecified atom stereocenters. The van der Waals surface area contributed by atoms with Gasteiger partial charge < -0.3 is 5.32 Å². The van der Waals surface area contributed by atoms with Crippen LogP contribution in [0.2, 0.25) is 0 Å². The van der Waals surface area contributed by atoms with Crippen molar-refractivity contribution in [2.45, 2.75) is 0 Å². The maximum Gasteiger partial charge on any atom is 0.277 e. The van der Waals surface area contributed by atoms with Crippen LogP contribution >= 0.6 is 28.1 Å². The fraction of sp³-hybridized carbons (Fsp3) is 0. The predicted molar refractivity (Wildman–Crippen MR) is 97.6 cm³/mol. The normalized spacial score (nSPS) is 9.96. The number of amides is 1. The first-order chi connectivity index (χ1) is 11.8. The Kier molecular flexibility index (Phi) is 5.72. The van der Waals surface area contributed by atoms with E-state index in [0.29, 0.717) is 5.69 Å². The number of halogens is 1. The number of carbonyl (C=O) groups is 1. The van der Waals surface area contributed by atoms with E-state index in [1.54, 1.807) is 24.3 Å². The van der Waals surface area contributed by atoms with E-state index in [1.807, 2.05) is 0 Å². The summed E-state index contributed by atoms with van der Waals surface area (Å²) < 4.78 is 0.858. The van der Waals surface area contributed by atoms with Gasteiger partial charge in [-0.05, 0) is 36.5 Å². The second-order valence-electron chi connectivity index (χ2n) is 4.67. The van der Waals surface area contributed by atoms with Crippen LogP contribution in [0.4, 0.5) is 17.1 Å². The number of nitro groups is 2. The third-order valence-electron chi connectivity index (χ3n) is 2.92. The summed E-state index contributed by atoms with van der Waals surface area (Å²) in [7, 11) is 0. The molecule has 9 nitrogen and oxygen atoms in total. The van der Waals surface area contributed by atoms with Crippen molar-refractivity contribution in [2.24, 2.45) is 0 Å². The number of nitrogens with zero attached hydrogens (tertiary/aromatic N) is 2. The molecule has 128 valence electrons. The van der Waals surface area contributed by atoms with Gasteiger partial charge in [0.25, 0.3) is 17.3 Å². The topological polar surface area (TPSA) is 127 Å². The highest BCUT2D eigenvalue weighted by molar-refractivity contribution is 9.10. The molecule has 0 aliphatic rings. The van der Waals surface area contributed by atoms with Crippen molar-refractivity contribution in [2.75, 3.05) is 5.32 Å². The largest absolute Gasteiger partial charge is 0.332 e. The molecule has 0 spiro atoms.